The van der Waals surface area contributed by atoms with Gasteiger partial charge in [0.2, 0.25) is 0 Å². The fourth-order valence-corrected chi connectivity index (χ4v) is 9.43. The van der Waals surface area contributed by atoms with Gasteiger partial charge < -0.3 is 20.4 Å². The smallest absolute Gasteiger partial charge is 0.393 e. The van der Waals surface area contributed by atoms with Crippen molar-refractivity contribution in [1.82, 2.24) is 0 Å². The van der Waals surface area contributed by atoms with Gasteiger partial charge in [-0.05, 0) is 85.9 Å². The van der Waals surface area contributed by atoms with Gasteiger partial charge in [0.25, 0.3) is 0 Å². The van der Waals surface area contributed by atoms with Gasteiger partial charge in [-0.3, -0.25) is 4.55 Å². The monoisotopic (exact) mass is 530 g/mol. The second kappa shape index (κ2) is 9.88. The standard InChI is InChI=1S/C27H46O8S/c1-16(9-12-35-36(32,33)34)5-6-17(2)21-14-22(29)24-19-13-23(30)27(31)15-18(28)7-11-26(27,4)20(19)8-10-25(21,24)3/h5-6,16-24,28-31H,7-15H2,1-4H3,(H,32,33,34). The SMILES string of the molecule is CC(C=CC(C)C1CC(O)C2C3CC(O)C4(O)CC(O)CCC4(C)C3CCC12C)CCOS(=O)(=O)O. The second-order valence-corrected chi connectivity index (χ2v) is 14.1. The maximum atomic E-state index is 11.6. The molecule has 4 rings (SSSR count). The Morgan fingerprint density at radius 2 is 1.75 bits per heavy atom. The lowest BCUT2D eigenvalue weighted by Crippen LogP contribution is -2.69. The van der Waals surface area contributed by atoms with Crippen molar-refractivity contribution in [1.29, 1.82) is 0 Å². The Morgan fingerprint density at radius 3 is 2.42 bits per heavy atom. The van der Waals surface area contributed by atoms with Gasteiger partial charge in [-0.1, -0.05) is 39.8 Å². The molecule has 4 fully saturated rings. The number of hydrogen-bond acceptors (Lipinski definition) is 7. The third-order valence-electron chi connectivity index (χ3n) is 11.1. The van der Waals surface area contributed by atoms with Gasteiger partial charge in [0, 0.05) is 11.8 Å². The maximum absolute atomic E-state index is 11.6. The van der Waals surface area contributed by atoms with Crippen LogP contribution in [-0.4, -0.2) is 63.9 Å². The average Bonchev–Trinajstić information content (AvgIpc) is 3.04. The lowest BCUT2D eigenvalue weighted by Gasteiger charge is -2.65. The van der Waals surface area contributed by atoms with E-state index in [1.54, 1.807) is 0 Å². The van der Waals surface area contributed by atoms with E-state index in [9.17, 15) is 28.8 Å². The molecule has 12 unspecified atom stereocenters. The van der Waals surface area contributed by atoms with Crippen molar-refractivity contribution in [2.45, 2.75) is 103 Å². The number of fused-ring (bicyclic) bond motifs is 5. The molecule has 12 atom stereocenters. The third-order valence-corrected chi connectivity index (χ3v) is 11.5. The molecule has 208 valence electrons. The highest BCUT2D eigenvalue weighted by Gasteiger charge is 2.68. The van der Waals surface area contributed by atoms with Gasteiger partial charge in [0.05, 0.1) is 30.5 Å². The minimum Gasteiger partial charge on any atom is -0.393 e. The van der Waals surface area contributed by atoms with Crippen molar-refractivity contribution in [3.8, 4) is 0 Å². The Hall–Kier alpha value is -0.550. The molecular formula is C27H46O8S. The van der Waals surface area contributed by atoms with E-state index in [1.165, 1.54) is 0 Å². The molecule has 4 saturated carbocycles. The first-order valence-corrected chi connectivity index (χ1v) is 15.1. The molecule has 0 heterocycles. The Labute approximate surface area is 216 Å². The molecule has 0 saturated heterocycles. The molecule has 0 aromatic carbocycles. The van der Waals surface area contributed by atoms with Gasteiger partial charge in [0.15, 0.2) is 0 Å². The van der Waals surface area contributed by atoms with Gasteiger partial charge in [0.1, 0.15) is 0 Å². The normalized spacial score (nSPS) is 48.8. The van der Waals surface area contributed by atoms with Crippen LogP contribution in [0.1, 0.15) is 79.1 Å². The van der Waals surface area contributed by atoms with Crippen LogP contribution in [0.25, 0.3) is 0 Å². The number of hydrogen-bond donors (Lipinski definition) is 5. The molecule has 5 N–H and O–H groups in total. The predicted octanol–water partition coefficient (Wildman–Crippen LogP) is 3.10. The summed E-state index contributed by atoms with van der Waals surface area (Å²) >= 11 is 0. The molecule has 0 spiro atoms. The van der Waals surface area contributed by atoms with Crippen molar-refractivity contribution in [3.63, 3.8) is 0 Å². The molecule has 0 aliphatic heterocycles. The molecule has 4 aliphatic carbocycles. The van der Waals surface area contributed by atoms with E-state index < -0.39 is 39.7 Å². The van der Waals surface area contributed by atoms with Crippen LogP contribution in [0, 0.1) is 46.3 Å². The minimum atomic E-state index is -4.42. The maximum Gasteiger partial charge on any atom is 0.397 e. The summed E-state index contributed by atoms with van der Waals surface area (Å²) in [6.07, 6.45) is 7.34. The number of allylic oxidation sites excluding steroid dienone is 2. The van der Waals surface area contributed by atoms with E-state index in [2.05, 4.69) is 37.1 Å². The fourth-order valence-electron chi connectivity index (χ4n) is 9.12. The molecular weight excluding hydrogens is 484 g/mol. The van der Waals surface area contributed by atoms with Crippen LogP contribution in [0.2, 0.25) is 0 Å². The first kappa shape index (κ1) is 28.5. The average molecular weight is 531 g/mol. The number of rotatable bonds is 7. The van der Waals surface area contributed by atoms with Crippen LogP contribution in [0.5, 0.6) is 0 Å². The van der Waals surface area contributed by atoms with Crippen LogP contribution in [0.3, 0.4) is 0 Å². The van der Waals surface area contributed by atoms with Gasteiger partial charge in [-0.25, -0.2) is 4.18 Å². The van der Waals surface area contributed by atoms with E-state index in [0.717, 1.165) is 12.8 Å². The lowest BCUT2D eigenvalue weighted by atomic mass is 9.42. The zero-order chi connectivity index (χ0) is 26.7. The molecule has 0 radical (unpaired) electrons. The summed E-state index contributed by atoms with van der Waals surface area (Å²) in [6.45, 7) is 8.46. The molecule has 36 heavy (non-hydrogen) atoms. The molecule has 0 amide bonds. The quantitative estimate of drug-likeness (QED) is 0.249. The van der Waals surface area contributed by atoms with Gasteiger partial charge in [-0.2, -0.15) is 8.42 Å². The third kappa shape index (κ3) is 4.82. The summed E-state index contributed by atoms with van der Waals surface area (Å²) in [5.74, 6) is 0.954. The van der Waals surface area contributed by atoms with Crippen LogP contribution >= 0.6 is 0 Å². The molecule has 0 bridgehead atoms. The highest BCUT2D eigenvalue weighted by atomic mass is 32.3. The topological polar surface area (TPSA) is 145 Å². The summed E-state index contributed by atoms with van der Waals surface area (Å²) in [5.41, 5.74) is -1.84. The van der Waals surface area contributed by atoms with Crippen LogP contribution in [-0.2, 0) is 14.6 Å². The lowest BCUT2D eigenvalue weighted by molar-refractivity contribution is -0.268. The van der Waals surface area contributed by atoms with Crippen LogP contribution in [0.15, 0.2) is 12.2 Å². The Bertz CT molecular complexity index is 938. The highest BCUT2D eigenvalue weighted by Crippen LogP contribution is 2.69. The van der Waals surface area contributed by atoms with Crippen molar-refractivity contribution in [2.24, 2.45) is 46.3 Å². The van der Waals surface area contributed by atoms with E-state index in [1.807, 2.05) is 6.92 Å². The minimum absolute atomic E-state index is 0.0561. The second-order valence-electron chi connectivity index (χ2n) is 13.0. The zero-order valence-corrected chi connectivity index (χ0v) is 22.9. The molecule has 4 aliphatic rings. The first-order chi connectivity index (χ1) is 16.6. The molecule has 0 aromatic rings. The number of aliphatic hydroxyl groups is 4. The predicted molar refractivity (Wildman–Crippen MR) is 135 cm³/mol. The Morgan fingerprint density at radius 1 is 1.06 bits per heavy atom. The zero-order valence-electron chi connectivity index (χ0n) is 22.1. The highest BCUT2D eigenvalue weighted by molar-refractivity contribution is 7.80. The van der Waals surface area contributed by atoms with Crippen molar-refractivity contribution in [3.05, 3.63) is 12.2 Å². The first-order valence-electron chi connectivity index (χ1n) is 13.7. The fraction of sp³-hybridized carbons (Fsp3) is 0.926. The van der Waals surface area contributed by atoms with Crippen molar-refractivity contribution in [2.75, 3.05) is 6.61 Å². The van der Waals surface area contributed by atoms with Gasteiger partial charge in [-0.15, -0.1) is 0 Å². The summed E-state index contributed by atoms with van der Waals surface area (Å²) in [7, 11) is -4.42. The van der Waals surface area contributed by atoms with E-state index in [0.29, 0.717) is 32.1 Å². The summed E-state index contributed by atoms with van der Waals surface area (Å²) in [6, 6.07) is 0. The van der Waals surface area contributed by atoms with E-state index in [-0.39, 0.29) is 54.0 Å². The van der Waals surface area contributed by atoms with Crippen molar-refractivity contribution >= 4 is 10.4 Å². The molecule has 8 nitrogen and oxygen atoms in total. The molecule has 9 heteroatoms. The van der Waals surface area contributed by atoms with E-state index >= 15 is 0 Å². The summed E-state index contributed by atoms with van der Waals surface area (Å²) < 4.78 is 34.7. The van der Waals surface area contributed by atoms with E-state index in [4.69, 9.17) is 4.55 Å². The number of aliphatic hydroxyl groups excluding tert-OH is 3. The summed E-state index contributed by atoms with van der Waals surface area (Å²) in [4.78, 5) is 0. The molecule has 0 aromatic heterocycles. The van der Waals surface area contributed by atoms with Crippen LogP contribution in [0.4, 0.5) is 0 Å². The largest absolute Gasteiger partial charge is 0.397 e. The van der Waals surface area contributed by atoms with Crippen LogP contribution < -0.4 is 0 Å². The Kier molecular flexibility index (Phi) is 7.81. The summed E-state index contributed by atoms with van der Waals surface area (Å²) in [5, 5.41) is 44.5. The van der Waals surface area contributed by atoms with Gasteiger partial charge >= 0.3 is 10.4 Å². The van der Waals surface area contributed by atoms with Crippen molar-refractivity contribution < 1.29 is 37.6 Å². The Balaban J connectivity index is 1.49.